The Hall–Kier alpha value is -2.22. The van der Waals surface area contributed by atoms with E-state index in [1.807, 2.05) is 4.90 Å². The lowest BCUT2D eigenvalue weighted by Crippen LogP contribution is -2.23. The van der Waals surface area contributed by atoms with Gasteiger partial charge in [0, 0.05) is 13.1 Å². The smallest absolute Gasteiger partial charge is 0.358 e. The zero-order chi connectivity index (χ0) is 14.1. The highest BCUT2D eigenvalue weighted by Gasteiger charge is 2.27. The first-order valence-electron chi connectivity index (χ1n) is 6.01. The van der Waals surface area contributed by atoms with Crippen molar-refractivity contribution in [1.29, 1.82) is 0 Å². The van der Waals surface area contributed by atoms with Gasteiger partial charge >= 0.3 is 5.97 Å². The number of carboxylic acids is 1. The zero-order valence-electron chi connectivity index (χ0n) is 10.3. The Bertz CT molecular complexity index is 628. The van der Waals surface area contributed by atoms with E-state index in [1.54, 1.807) is 17.1 Å². The molecule has 1 atom stereocenters. The molecule has 1 saturated heterocycles. The molecule has 8 nitrogen and oxygen atoms in total. The van der Waals surface area contributed by atoms with E-state index in [1.165, 1.54) is 6.20 Å². The summed E-state index contributed by atoms with van der Waals surface area (Å²) in [5.41, 5.74) is -0.0498. The van der Waals surface area contributed by atoms with Gasteiger partial charge in [-0.25, -0.2) is 19.4 Å². The van der Waals surface area contributed by atoms with Gasteiger partial charge in [-0.3, -0.25) is 0 Å². The van der Waals surface area contributed by atoms with E-state index >= 15 is 0 Å². The first-order chi connectivity index (χ1) is 9.63. The van der Waals surface area contributed by atoms with E-state index in [9.17, 15) is 4.79 Å². The molecule has 2 aromatic heterocycles. The Labute approximate surface area is 119 Å². The molecular weight excluding hydrogens is 284 g/mol. The number of aromatic carboxylic acids is 1. The van der Waals surface area contributed by atoms with Crippen LogP contribution in [0.3, 0.4) is 0 Å². The highest BCUT2D eigenvalue weighted by Crippen LogP contribution is 2.24. The first-order valence-corrected chi connectivity index (χ1v) is 6.39. The van der Waals surface area contributed by atoms with Crippen LogP contribution in [0.4, 0.5) is 5.95 Å². The molecule has 1 aliphatic rings. The van der Waals surface area contributed by atoms with Gasteiger partial charge < -0.3 is 10.0 Å². The van der Waals surface area contributed by atoms with Crippen LogP contribution in [0.5, 0.6) is 0 Å². The second-order valence-electron chi connectivity index (χ2n) is 4.48. The summed E-state index contributed by atoms with van der Waals surface area (Å²) < 4.78 is 1.58. The summed E-state index contributed by atoms with van der Waals surface area (Å²) in [4.78, 5) is 21.1. The van der Waals surface area contributed by atoms with Gasteiger partial charge in [-0.2, -0.15) is 0 Å². The molecule has 1 fully saturated rings. The maximum absolute atomic E-state index is 10.8. The lowest BCUT2D eigenvalue weighted by molar-refractivity contribution is 0.0690. The van der Waals surface area contributed by atoms with Gasteiger partial charge in [0.15, 0.2) is 5.69 Å². The van der Waals surface area contributed by atoms with E-state index in [0.29, 0.717) is 17.5 Å². The topological polar surface area (TPSA) is 97.0 Å². The van der Waals surface area contributed by atoms with Crippen LogP contribution in [0.2, 0.25) is 5.02 Å². The maximum Gasteiger partial charge on any atom is 0.358 e. The molecule has 0 saturated carbocycles. The van der Waals surface area contributed by atoms with Crippen LogP contribution in [0, 0.1) is 0 Å². The number of halogens is 1. The Morgan fingerprint density at radius 3 is 2.80 bits per heavy atom. The molecule has 0 aromatic carbocycles. The van der Waals surface area contributed by atoms with Gasteiger partial charge in [-0.05, 0) is 6.42 Å². The third kappa shape index (κ3) is 2.42. The van der Waals surface area contributed by atoms with Crippen molar-refractivity contribution >= 4 is 23.5 Å². The summed E-state index contributed by atoms with van der Waals surface area (Å²) in [5, 5.41) is 16.8. The van der Waals surface area contributed by atoms with Gasteiger partial charge in [-0.1, -0.05) is 16.8 Å². The average molecular weight is 295 g/mol. The number of nitrogens with zero attached hydrogens (tertiary/aromatic N) is 6. The van der Waals surface area contributed by atoms with Crippen LogP contribution in [0.25, 0.3) is 0 Å². The quantitative estimate of drug-likeness (QED) is 0.897. The molecule has 1 N–H and O–H groups in total. The summed E-state index contributed by atoms with van der Waals surface area (Å²) >= 11 is 5.75. The second-order valence-corrected chi connectivity index (χ2v) is 4.92. The summed E-state index contributed by atoms with van der Waals surface area (Å²) in [7, 11) is 0. The molecule has 1 unspecified atom stereocenters. The minimum absolute atomic E-state index is 0.0498. The molecule has 0 spiro atoms. The Morgan fingerprint density at radius 1 is 1.40 bits per heavy atom. The molecule has 3 heterocycles. The minimum atomic E-state index is -1.08. The van der Waals surface area contributed by atoms with Gasteiger partial charge in [0.2, 0.25) is 5.95 Å². The van der Waals surface area contributed by atoms with Crippen molar-refractivity contribution in [1.82, 2.24) is 25.0 Å². The van der Waals surface area contributed by atoms with Crippen molar-refractivity contribution in [2.75, 3.05) is 18.0 Å². The zero-order valence-corrected chi connectivity index (χ0v) is 11.1. The Kier molecular flexibility index (Phi) is 3.23. The normalized spacial score (nSPS) is 18.4. The molecule has 0 amide bonds. The van der Waals surface area contributed by atoms with E-state index in [0.717, 1.165) is 13.0 Å². The lowest BCUT2D eigenvalue weighted by atomic mass is 10.3. The van der Waals surface area contributed by atoms with Gasteiger partial charge in [0.25, 0.3) is 0 Å². The fraction of sp³-hybridized carbons (Fsp3) is 0.364. The number of aromatic nitrogens is 5. The van der Waals surface area contributed by atoms with E-state index < -0.39 is 5.97 Å². The van der Waals surface area contributed by atoms with Crippen LogP contribution in [0.15, 0.2) is 18.6 Å². The molecule has 2 aromatic rings. The number of hydrogen-bond acceptors (Lipinski definition) is 6. The number of anilines is 1. The molecule has 104 valence electrons. The van der Waals surface area contributed by atoms with Crippen molar-refractivity contribution in [2.24, 2.45) is 0 Å². The Balaban J connectivity index is 1.72. The summed E-state index contributed by atoms with van der Waals surface area (Å²) in [6, 6.07) is 0.0647. The monoisotopic (exact) mass is 294 g/mol. The third-order valence-electron chi connectivity index (χ3n) is 3.16. The van der Waals surface area contributed by atoms with Crippen LogP contribution in [-0.2, 0) is 0 Å². The number of rotatable bonds is 3. The molecule has 0 bridgehead atoms. The van der Waals surface area contributed by atoms with E-state index in [4.69, 9.17) is 16.7 Å². The summed E-state index contributed by atoms with van der Waals surface area (Å²) in [5.74, 6) is -0.470. The highest BCUT2D eigenvalue weighted by molar-refractivity contribution is 6.30. The van der Waals surface area contributed by atoms with Crippen molar-refractivity contribution in [3.05, 3.63) is 29.3 Å². The number of carbonyl (C=O) groups is 1. The average Bonchev–Trinajstić information content (AvgIpc) is 3.08. The molecular formula is C11H11ClN6O2. The fourth-order valence-electron chi connectivity index (χ4n) is 2.16. The maximum atomic E-state index is 10.8. The Morgan fingerprint density at radius 2 is 2.15 bits per heavy atom. The minimum Gasteiger partial charge on any atom is -0.476 e. The highest BCUT2D eigenvalue weighted by atomic mass is 35.5. The lowest BCUT2D eigenvalue weighted by Gasteiger charge is -2.15. The second kappa shape index (κ2) is 5.04. The predicted molar refractivity (Wildman–Crippen MR) is 69.9 cm³/mol. The largest absolute Gasteiger partial charge is 0.476 e. The van der Waals surface area contributed by atoms with Crippen LogP contribution >= 0.6 is 11.6 Å². The van der Waals surface area contributed by atoms with Gasteiger partial charge in [-0.15, -0.1) is 5.10 Å². The van der Waals surface area contributed by atoms with Gasteiger partial charge in [0.1, 0.15) is 0 Å². The first kappa shape index (κ1) is 12.8. The molecule has 9 heteroatoms. The SMILES string of the molecule is O=C(O)c1cn(C2CCN(c3ncc(Cl)cn3)C2)nn1. The van der Waals surface area contributed by atoms with E-state index in [-0.39, 0.29) is 11.7 Å². The molecule has 1 aliphatic heterocycles. The van der Waals surface area contributed by atoms with Gasteiger partial charge in [0.05, 0.1) is 29.7 Å². The summed E-state index contributed by atoms with van der Waals surface area (Å²) in [6.07, 6.45) is 5.37. The third-order valence-corrected chi connectivity index (χ3v) is 3.35. The van der Waals surface area contributed by atoms with Crippen LogP contribution < -0.4 is 4.90 Å². The number of carboxylic acid groups (broad SMARTS) is 1. The fourth-order valence-corrected chi connectivity index (χ4v) is 2.26. The van der Waals surface area contributed by atoms with E-state index in [2.05, 4.69) is 20.3 Å². The van der Waals surface area contributed by atoms with Crippen molar-refractivity contribution in [2.45, 2.75) is 12.5 Å². The molecule has 0 radical (unpaired) electrons. The molecule has 20 heavy (non-hydrogen) atoms. The summed E-state index contributed by atoms with van der Waals surface area (Å²) in [6.45, 7) is 1.43. The van der Waals surface area contributed by atoms with Crippen LogP contribution in [0.1, 0.15) is 23.0 Å². The molecule has 0 aliphatic carbocycles. The standard InChI is InChI=1S/C11H11ClN6O2/c12-7-3-13-11(14-4-7)17-2-1-8(5-17)18-6-9(10(19)20)15-16-18/h3-4,6,8H,1-2,5H2,(H,19,20). The number of hydrogen-bond donors (Lipinski definition) is 1. The molecule has 3 rings (SSSR count). The predicted octanol–water partition coefficient (Wildman–Crippen LogP) is 0.871. The van der Waals surface area contributed by atoms with Crippen molar-refractivity contribution in [3.63, 3.8) is 0 Å². The van der Waals surface area contributed by atoms with Crippen molar-refractivity contribution < 1.29 is 9.90 Å². The van der Waals surface area contributed by atoms with Crippen LogP contribution in [-0.4, -0.2) is 49.1 Å². The van der Waals surface area contributed by atoms with Crippen molar-refractivity contribution in [3.8, 4) is 0 Å².